The standard InChI is InChI=1S/C15H30N2O/c1-2-15(18,12-16)8-3-9-17(10-13-4-5-13)11-14-6-7-14/h13-14,18H,2-12,16H2,1H3. The van der Waals surface area contributed by atoms with E-state index in [0.29, 0.717) is 6.54 Å². The Morgan fingerprint density at radius 1 is 1.17 bits per heavy atom. The van der Waals surface area contributed by atoms with Gasteiger partial charge < -0.3 is 15.7 Å². The molecule has 106 valence electrons. The highest BCUT2D eigenvalue weighted by Crippen LogP contribution is 2.33. The van der Waals surface area contributed by atoms with Crippen molar-refractivity contribution in [3.05, 3.63) is 0 Å². The molecule has 2 fully saturated rings. The van der Waals surface area contributed by atoms with Crippen molar-refractivity contribution in [3.63, 3.8) is 0 Å². The quantitative estimate of drug-likeness (QED) is 0.627. The van der Waals surface area contributed by atoms with Gasteiger partial charge in [-0.3, -0.25) is 0 Å². The van der Waals surface area contributed by atoms with Gasteiger partial charge in [0.15, 0.2) is 0 Å². The minimum Gasteiger partial charge on any atom is -0.389 e. The van der Waals surface area contributed by atoms with Gasteiger partial charge in [-0.1, -0.05) is 6.92 Å². The summed E-state index contributed by atoms with van der Waals surface area (Å²) in [4.78, 5) is 2.64. The van der Waals surface area contributed by atoms with Gasteiger partial charge in [-0.2, -0.15) is 0 Å². The SMILES string of the molecule is CCC(O)(CN)CCCN(CC1CC1)CC1CC1. The smallest absolute Gasteiger partial charge is 0.0767 e. The van der Waals surface area contributed by atoms with E-state index < -0.39 is 5.60 Å². The number of aliphatic hydroxyl groups is 1. The Labute approximate surface area is 112 Å². The van der Waals surface area contributed by atoms with Crippen LogP contribution < -0.4 is 5.73 Å². The highest BCUT2D eigenvalue weighted by molar-refractivity contribution is 4.83. The fourth-order valence-electron chi connectivity index (χ4n) is 2.64. The van der Waals surface area contributed by atoms with Crippen molar-refractivity contribution in [1.82, 2.24) is 4.90 Å². The molecule has 3 N–H and O–H groups in total. The molecule has 0 aromatic carbocycles. The first kappa shape index (κ1) is 14.3. The molecule has 0 spiro atoms. The Bertz CT molecular complexity index is 231. The first-order valence-electron chi connectivity index (χ1n) is 7.80. The average molecular weight is 254 g/mol. The van der Waals surface area contributed by atoms with E-state index in [4.69, 9.17) is 5.73 Å². The molecule has 18 heavy (non-hydrogen) atoms. The predicted molar refractivity (Wildman–Crippen MR) is 75.4 cm³/mol. The van der Waals surface area contributed by atoms with Gasteiger partial charge in [-0.25, -0.2) is 0 Å². The number of nitrogens with zero attached hydrogens (tertiary/aromatic N) is 1. The van der Waals surface area contributed by atoms with Crippen molar-refractivity contribution >= 4 is 0 Å². The van der Waals surface area contributed by atoms with Gasteiger partial charge in [-0.15, -0.1) is 0 Å². The lowest BCUT2D eigenvalue weighted by atomic mass is 9.95. The third-order valence-electron chi connectivity index (χ3n) is 4.58. The van der Waals surface area contributed by atoms with Crippen LogP contribution in [0.2, 0.25) is 0 Å². The number of nitrogens with two attached hydrogens (primary N) is 1. The first-order chi connectivity index (χ1) is 8.65. The Morgan fingerprint density at radius 3 is 2.11 bits per heavy atom. The van der Waals surface area contributed by atoms with Gasteiger partial charge >= 0.3 is 0 Å². The third-order valence-corrected chi connectivity index (χ3v) is 4.58. The van der Waals surface area contributed by atoms with Crippen LogP contribution in [0.15, 0.2) is 0 Å². The molecule has 3 heteroatoms. The summed E-state index contributed by atoms with van der Waals surface area (Å²) in [6.07, 6.45) is 8.44. The Hall–Kier alpha value is -0.120. The molecule has 2 aliphatic rings. The monoisotopic (exact) mass is 254 g/mol. The van der Waals surface area contributed by atoms with Gasteiger partial charge in [0.05, 0.1) is 5.60 Å². The van der Waals surface area contributed by atoms with E-state index in [9.17, 15) is 5.11 Å². The first-order valence-corrected chi connectivity index (χ1v) is 7.80. The van der Waals surface area contributed by atoms with Crippen LogP contribution in [0.1, 0.15) is 51.9 Å². The van der Waals surface area contributed by atoms with Crippen molar-refractivity contribution in [3.8, 4) is 0 Å². The van der Waals surface area contributed by atoms with Crippen LogP contribution in [0.5, 0.6) is 0 Å². The minimum absolute atomic E-state index is 0.398. The summed E-state index contributed by atoms with van der Waals surface area (Å²) in [7, 11) is 0. The number of hydrogen-bond donors (Lipinski definition) is 2. The molecule has 0 amide bonds. The maximum absolute atomic E-state index is 10.2. The van der Waals surface area contributed by atoms with E-state index in [-0.39, 0.29) is 0 Å². The molecule has 0 aromatic heterocycles. The molecule has 1 unspecified atom stereocenters. The minimum atomic E-state index is -0.620. The number of hydrogen-bond acceptors (Lipinski definition) is 3. The zero-order valence-corrected chi connectivity index (χ0v) is 11.9. The molecule has 0 aromatic rings. The summed E-state index contributed by atoms with van der Waals surface area (Å²) in [5, 5.41) is 10.2. The lowest BCUT2D eigenvalue weighted by Gasteiger charge is -2.27. The summed E-state index contributed by atoms with van der Waals surface area (Å²) in [6, 6.07) is 0. The van der Waals surface area contributed by atoms with Gasteiger partial charge in [0.2, 0.25) is 0 Å². The molecule has 2 aliphatic carbocycles. The van der Waals surface area contributed by atoms with Crippen LogP contribution >= 0.6 is 0 Å². The molecule has 1 atom stereocenters. The Morgan fingerprint density at radius 2 is 1.72 bits per heavy atom. The van der Waals surface area contributed by atoms with Crippen molar-refractivity contribution in [1.29, 1.82) is 0 Å². The molecule has 0 saturated heterocycles. The third kappa shape index (κ3) is 4.87. The zero-order valence-electron chi connectivity index (χ0n) is 11.9. The van der Waals surface area contributed by atoms with Crippen molar-refractivity contribution < 1.29 is 5.11 Å². The van der Waals surface area contributed by atoms with Crippen molar-refractivity contribution in [2.75, 3.05) is 26.2 Å². The highest BCUT2D eigenvalue weighted by atomic mass is 16.3. The topological polar surface area (TPSA) is 49.5 Å². The average Bonchev–Trinajstić information content (AvgIpc) is 3.24. The molecule has 2 saturated carbocycles. The summed E-state index contributed by atoms with van der Waals surface area (Å²) in [5.41, 5.74) is 5.03. The van der Waals surface area contributed by atoms with Crippen molar-refractivity contribution in [2.24, 2.45) is 17.6 Å². The summed E-state index contributed by atoms with van der Waals surface area (Å²) < 4.78 is 0. The van der Waals surface area contributed by atoms with E-state index in [1.807, 2.05) is 6.92 Å². The lowest BCUT2D eigenvalue weighted by Crippen LogP contribution is -2.38. The van der Waals surface area contributed by atoms with Gasteiger partial charge in [0, 0.05) is 19.6 Å². The molecular formula is C15H30N2O. The molecule has 0 aliphatic heterocycles. The van der Waals surface area contributed by atoms with E-state index in [1.54, 1.807) is 0 Å². The summed E-state index contributed by atoms with van der Waals surface area (Å²) in [5.74, 6) is 1.95. The normalized spacial score (nSPS) is 23.3. The van der Waals surface area contributed by atoms with Crippen molar-refractivity contribution in [2.45, 2.75) is 57.5 Å². The van der Waals surface area contributed by atoms with Crippen LogP contribution in [-0.2, 0) is 0 Å². The Balaban J connectivity index is 1.66. The second-order valence-electron chi connectivity index (χ2n) is 6.53. The van der Waals surface area contributed by atoms with Crippen LogP contribution in [0.25, 0.3) is 0 Å². The maximum atomic E-state index is 10.2. The van der Waals surface area contributed by atoms with Crippen LogP contribution in [0.4, 0.5) is 0 Å². The predicted octanol–water partition coefficient (Wildman–Crippen LogP) is 1.99. The zero-order chi connectivity index (χ0) is 13.0. The molecular weight excluding hydrogens is 224 g/mol. The summed E-state index contributed by atoms with van der Waals surface area (Å²) >= 11 is 0. The maximum Gasteiger partial charge on any atom is 0.0767 e. The molecule has 0 radical (unpaired) electrons. The fourth-order valence-corrected chi connectivity index (χ4v) is 2.64. The summed E-state index contributed by atoms with van der Waals surface area (Å²) in [6.45, 7) is 6.16. The van der Waals surface area contributed by atoms with Gasteiger partial charge in [0.25, 0.3) is 0 Å². The second kappa shape index (κ2) is 6.36. The highest BCUT2D eigenvalue weighted by Gasteiger charge is 2.29. The van der Waals surface area contributed by atoms with Crippen LogP contribution in [-0.4, -0.2) is 41.8 Å². The molecule has 0 heterocycles. The molecule has 3 nitrogen and oxygen atoms in total. The van der Waals surface area contributed by atoms with Gasteiger partial charge in [0.1, 0.15) is 0 Å². The van der Waals surface area contributed by atoms with Crippen LogP contribution in [0.3, 0.4) is 0 Å². The van der Waals surface area contributed by atoms with E-state index >= 15 is 0 Å². The largest absolute Gasteiger partial charge is 0.389 e. The van der Waals surface area contributed by atoms with E-state index in [1.165, 1.54) is 38.8 Å². The van der Waals surface area contributed by atoms with E-state index in [2.05, 4.69) is 4.90 Å². The van der Waals surface area contributed by atoms with E-state index in [0.717, 1.165) is 37.6 Å². The molecule has 2 rings (SSSR count). The lowest BCUT2D eigenvalue weighted by molar-refractivity contribution is 0.0313. The Kier molecular flexibility index (Phi) is 5.05. The number of rotatable bonds is 10. The van der Waals surface area contributed by atoms with Gasteiger partial charge in [-0.05, 0) is 63.3 Å². The second-order valence-corrected chi connectivity index (χ2v) is 6.53. The molecule has 0 bridgehead atoms. The van der Waals surface area contributed by atoms with Crippen LogP contribution in [0, 0.1) is 11.8 Å². The fraction of sp³-hybridized carbons (Fsp3) is 1.00.